The monoisotopic (exact) mass is 244 g/mol. The Kier molecular flexibility index (Phi) is 6.13. The number of hydrogen-bond donors (Lipinski definition) is 2. The third kappa shape index (κ3) is 4.73. The molecule has 0 spiro atoms. The number of rotatable bonds is 4. The maximum atomic E-state index is 3.72. The van der Waals surface area contributed by atoms with Crippen molar-refractivity contribution in [3.05, 3.63) is 11.6 Å². The predicted octanol–water partition coefficient (Wildman–Crippen LogP) is 1.65. The molecule has 0 aliphatic carbocycles. The van der Waals surface area contributed by atoms with Crippen LogP contribution in [0.2, 0.25) is 0 Å². The Hall–Kier alpha value is 0.580. The molecule has 0 saturated heterocycles. The summed E-state index contributed by atoms with van der Waals surface area (Å²) in [6, 6.07) is 0. The van der Waals surface area contributed by atoms with Crippen molar-refractivity contribution in [1.29, 1.82) is 0 Å². The van der Waals surface area contributed by atoms with Gasteiger partial charge in [-0.15, -0.1) is 11.8 Å². The van der Waals surface area contributed by atoms with Gasteiger partial charge in [0.2, 0.25) is 0 Å². The predicted molar refractivity (Wildman–Crippen MR) is 47.6 cm³/mol. The van der Waals surface area contributed by atoms with Crippen LogP contribution in [0.1, 0.15) is 6.92 Å². The highest BCUT2D eigenvalue weighted by atomic mass is 127. The lowest BCUT2D eigenvalue weighted by molar-refractivity contribution is 0.897. The van der Waals surface area contributed by atoms with Gasteiger partial charge in [-0.25, -0.2) is 0 Å². The van der Waals surface area contributed by atoms with Crippen molar-refractivity contribution in [2.24, 2.45) is 0 Å². The molecule has 0 aliphatic heterocycles. The summed E-state index contributed by atoms with van der Waals surface area (Å²) in [5, 5.41) is 0.960. The van der Waals surface area contributed by atoms with Crippen molar-refractivity contribution in [3.63, 3.8) is 0 Å². The minimum Gasteiger partial charge on any atom is -0.307 e. The third-order valence-corrected chi connectivity index (χ3v) is 1.51. The molecule has 0 aromatic rings. The fourth-order valence-corrected chi connectivity index (χ4v) is 1.24. The van der Waals surface area contributed by atoms with E-state index in [1.807, 2.05) is 22.9 Å². The maximum absolute atomic E-state index is 3.72. The first-order valence-electron chi connectivity index (χ1n) is 2.24. The molecule has 0 bridgehead atoms. The summed E-state index contributed by atoms with van der Waals surface area (Å²) in [7, 11) is 0. The van der Waals surface area contributed by atoms with Crippen LogP contribution >= 0.6 is 34.6 Å². The summed E-state index contributed by atoms with van der Waals surface area (Å²) in [6.07, 6.45) is 0. The second-order valence-electron chi connectivity index (χ2n) is 1.08. The Morgan fingerprint density at radius 2 is 2.50 bits per heavy atom. The van der Waals surface area contributed by atoms with Gasteiger partial charge in [0.15, 0.2) is 0 Å². The lowest BCUT2D eigenvalue weighted by Gasteiger charge is -2.02. The standard InChI is InChI=1S/C4H9IN2S/c1-3-8-4(2)6-7-5/h6-7H,2-3H2,1H3. The average molecular weight is 244 g/mol. The first-order valence-corrected chi connectivity index (χ1v) is 4.31. The molecule has 4 heteroatoms. The van der Waals surface area contributed by atoms with Gasteiger partial charge in [-0.05, 0) is 5.75 Å². The van der Waals surface area contributed by atoms with E-state index < -0.39 is 0 Å². The van der Waals surface area contributed by atoms with Gasteiger partial charge in [0, 0.05) is 22.9 Å². The van der Waals surface area contributed by atoms with Gasteiger partial charge < -0.3 is 5.43 Å². The van der Waals surface area contributed by atoms with E-state index in [1.165, 1.54) is 0 Å². The lowest BCUT2D eigenvalue weighted by Crippen LogP contribution is -2.18. The number of nitrogens with one attached hydrogen (secondary N) is 2. The zero-order chi connectivity index (χ0) is 6.41. The first kappa shape index (κ1) is 8.58. The quantitative estimate of drug-likeness (QED) is 0.446. The van der Waals surface area contributed by atoms with Crippen molar-refractivity contribution >= 4 is 34.6 Å². The van der Waals surface area contributed by atoms with Gasteiger partial charge in [-0.3, -0.25) is 0 Å². The van der Waals surface area contributed by atoms with Crippen LogP contribution in [0, 0.1) is 0 Å². The molecule has 0 saturated carbocycles. The summed E-state index contributed by atoms with van der Waals surface area (Å²) >= 11 is 3.69. The summed E-state index contributed by atoms with van der Waals surface area (Å²) in [5.41, 5.74) is 2.85. The van der Waals surface area contributed by atoms with Crippen molar-refractivity contribution in [3.8, 4) is 0 Å². The van der Waals surface area contributed by atoms with Crippen LogP contribution in [0.15, 0.2) is 11.6 Å². The summed E-state index contributed by atoms with van der Waals surface area (Å²) in [6.45, 7) is 5.81. The van der Waals surface area contributed by atoms with Gasteiger partial charge in [0.05, 0.1) is 5.03 Å². The van der Waals surface area contributed by atoms with Gasteiger partial charge in [0.1, 0.15) is 0 Å². The van der Waals surface area contributed by atoms with Gasteiger partial charge >= 0.3 is 0 Å². The second kappa shape index (κ2) is 5.71. The number of thioether (sulfide) groups is 1. The molecule has 0 radical (unpaired) electrons. The van der Waals surface area contributed by atoms with E-state index in [4.69, 9.17) is 0 Å². The van der Waals surface area contributed by atoms with E-state index in [2.05, 4.69) is 22.6 Å². The van der Waals surface area contributed by atoms with Crippen molar-refractivity contribution in [2.75, 3.05) is 5.75 Å². The lowest BCUT2D eigenvalue weighted by atomic mass is 11.0. The van der Waals surface area contributed by atoms with E-state index >= 15 is 0 Å². The average Bonchev–Trinajstić information content (AvgIpc) is 1.68. The zero-order valence-electron chi connectivity index (χ0n) is 4.70. The van der Waals surface area contributed by atoms with Crippen LogP contribution in [-0.2, 0) is 0 Å². The molecule has 0 aromatic heterocycles. The molecule has 0 heterocycles. The molecule has 8 heavy (non-hydrogen) atoms. The summed E-state index contributed by atoms with van der Waals surface area (Å²) < 4.78 is 2.75. The molecule has 0 amide bonds. The number of hydrogen-bond acceptors (Lipinski definition) is 3. The van der Waals surface area contributed by atoms with E-state index in [0.29, 0.717) is 0 Å². The normalized spacial score (nSPS) is 8.75. The Labute approximate surface area is 68.0 Å². The van der Waals surface area contributed by atoms with E-state index in [0.717, 1.165) is 10.8 Å². The molecule has 2 nitrogen and oxygen atoms in total. The number of hydrazine groups is 1. The molecule has 0 unspecified atom stereocenters. The minimum atomic E-state index is 0.960. The third-order valence-electron chi connectivity index (χ3n) is 0.505. The SMILES string of the molecule is C=C(NNI)SCC. The Morgan fingerprint density at radius 1 is 1.88 bits per heavy atom. The molecule has 0 rings (SSSR count). The molecule has 0 atom stereocenters. The highest BCUT2D eigenvalue weighted by Gasteiger charge is 1.85. The fourth-order valence-electron chi connectivity index (χ4n) is 0.263. The highest BCUT2D eigenvalue weighted by Crippen LogP contribution is 2.06. The van der Waals surface area contributed by atoms with Gasteiger partial charge in [-0.1, -0.05) is 13.5 Å². The maximum Gasteiger partial charge on any atom is 0.0757 e. The molecular formula is C4H9IN2S. The molecular weight excluding hydrogens is 235 g/mol. The van der Waals surface area contributed by atoms with E-state index in [9.17, 15) is 0 Å². The summed E-state index contributed by atoms with van der Waals surface area (Å²) in [4.78, 5) is 0. The summed E-state index contributed by atoms with van der Waals surface area (Å²) in [5.74, 6) is 1.06. The Bertz CT molecular complexity index is 68.4. The Morgan fingerprint density at radius 3 is 2.88 bits per heavy atom. The molecule has 2 N–H and O–H groups in total. The van der Waals surface area contributed by atoms with Crippen LogP contribution in [-0.4, -0.2) is 5.75 Å². The topological polar surface area (TPSA) is 24.1 Å². The van der Waals surface area contributed by atoms with E-state index in [-0.39, 0.29) is 0 Å². The molecule has 0 aliphatic rings. The van der Waals surface area contributed by atoms with Crippen LogP contribution in [0.25, 0.3) is 0 Å². The minimum absolute atomic E-state index is 0.960. The van der Waals surface area contributed by atoms with Crippen molar-refractivity contribution in [1.82, 2.24) is 9.06 Å². The fraction of sp³-hybridized carbons (Fsp3) is 0.500. The largest absolute Gasteiger partial charge is 0.307 e. The Balaban J connectivity index is 3.06. The smallest absolute Gasteiger partial charge is 0.0757 e. The van der Waals surface area contributed by atoms with Gasteiger partial charge in [0.25, 0.3) is 0 Å². The second-order valence-corrected chi connectivity index (χ2v) is 2.97. The van der Waals surface area contributed by atoms with Crippen molar-refractivity contribution < 1.29 is 0 Å². The van der Waals surface area contributed by atoms with Crippen LogP contribution in [0.3, 0.4) is 0 Å². The molecule has 0 aromatic carbocycles. The zero-order valence-corrected chi connectivity index (χ0v) is 7.67. The van der Waals surface area contributed by atoms with Gasteiger partial charge in [-0.2, -0.15) is 3.64 Å². The highest BCUT2D eigenvalue weighted by molar-refractivity contribution is 14.1. The molecule has 0 fully saturated rings. The van der Waals surface area contributed by atoms with Crippen LogP contribution in [0.4, 0.5) is 0 Å². The van der Waals surface area contributed by atoms with Crippen molar-refractivity contribution in [2.45, 2.75) is 6.92 Å². The van der Waals surface area contributed by atoms with Crippen LogP contribution in [0.5, 0.6) is 0 Å². The van der Waals surface area contributed by atoms with Crippen LogP contribution < -0.4 is 9.06 Å². The molecule has 48 valence electrons. The van der Waals surface area contributed by atoms with E-state index in [1.54, 1.807) is 11.8 Å². The first-order chi connectivity index (χ1) is 3.81. The number of halogens is 1.